The molecule has 3 aliphatic rings. The van der Waals surface area contributed by atoms with Crippen molar-refractivity contribution in [2.45, 2.75) is 49.6 Å². The number of fused-ring (bicyclic) bond motifs is 1. The molecule has 0 saturated carbocycles. The van der Waals surface area contributed by atoms with Crippen LogP contribution in [-0.2, 0) is 14.3 Å². The van der Waals surface area contributed by atoms with Gasteiger partial charge in [-0.05, 0) is 26.2 Å². The molecule has 3 atom stereocenters. The number of ether oxygens (including phenoxy) is 1. The zero-order chi connectivity index (χ0) is 13.5. The Kier molecular flexibility index (Phi) is 3.47. The summed E-state index contributed by atoms with van der Waals surface area (Å²) in [6.07, 6.45) is 3.66. The molecule has 6 heteroatoms. The fraction of sp³-hybridized carbons (Fsp3) is 0.846. The first-order valence-corrected chi connectivity index (χ1v) is 7.94. The summed E-state index contributed by atoms with van der Waals surface area (Å²) >= 11 is 1.73. The van der Waals surface area contributed by atoms with E-state index in [1.54, 1.807) is 16.7 Å². The number of nitrogens with zero attached hydrogens (tertiary/aromatic N) is 1. The van der Waals surface area contributed by atoms with E-state index in [1.165, 1.54) is 0 Å². The Bertz CT molecular complexity index is 397. The lowest BCUT2D eigenvalue weighted by molar-refractivity contribution is -0.138. The molecule has 0 bridgehead atoms. The fourth-order valence-corrected chi connectivity index (χ4v) is 4.58. The van der Waals surface area contributed by atoms with Gasteiger partial charge in [0.15, 0.2) is 0 Å². The third kappa shape index (κ3) is 2.36. The monoisotopic (exact) mass is 284 g/mol. The molecule has 5 nitrogen and oxygen atoms in total. The molecule has 0 radical (unpaired) electrons. The van der Waals surface area contributed by atoms with Crippen LogP contribution in [0.4, 0.5) is 0 Å². The van der Waals surface area contributed by atoms with Gasteiger partial charge in [0.05, 0.1) is 11.0 Å². The number of thioether (sulfide) groups is 1. The summed E-state index contributed by atoms with van der Waals surface area (Å²) in [5.74, 6) is 0.798. The lowest BCUT2D eigenvalue weighted by atomic mass is 10.2. The Hall–Kier alpha value is -0.750. The van der Waals surface area contributed by atoms with E-state index in [4.69, 9.17) is 4.74 Å². The molecule has 2 amide bonds. The van der Waals surface area contributed by atoms with Gasteiger partial charge >= 0.3 is 0 Å². The molecule has 1 N–H and O–H groups in total. The molecule has 19 heavy (non-hydrogen) atoms. The van der Waals surface area contributed by atoms with Gasteiger partial charge in [0, 0.05) is 25.3 Å². The molecule has 3 heterocycles. The molecule has 106 valence electrons. The van der Waals surface area contributed by atoms with Gasteiger partial charge in [-0.25, -0.2) is 0 Å². The largest absolute Gasteiger partial charge is 0.376 e. The minimum atomic E-state index is -0.300. The van der Waals surface area contributed by atoms with E-state index in [0.717, 1.165) is 25.9 Å². The number of hydrogen-bond donors (Lipinski definition) is 1. The first kappa shape index (κ1) is 13.2. The maximum absolute atomic E-state index is 12.3. The predicted octanol–water partition coefficient (Wildman–Crippen LogP) is 0.736. The molecule has 0 aromatic carbocycles. The Morgan fingerprint density at radius 3 is 3.21 bits per heavy atom. The van der Waals surface area contributed by atoms with Crippen LogP contribution in [0.1, 0.15) is 32.6 Å². The van der Waals surface area contributed by atoms with Crippen molar-refractivity contribution < 1.29 is 14.3 Å². The van der Waals surface area contributed by atoms with Crippen LogP contribution < -0.4 is 5.32 Å². The topological polar surface area (TPSA) is 58.6 Å². The van der Waals surface area contributed by atoms with Gasteiger partial charge in [0.2, 0.25) is 11.8 Å². The molecular weight excluding hydrogens is 264 g/mol. The summed E-state index contributed by atoms with van der Waals surface area (Å²) in [6, 6.07) is -0.300. The second-order valence-corrected chi connectivity index (χ2v) is 7.15. The van der Waals surface area contributed by atoms with E-state index in [1.807, 2.05) is 0 Å². The summed E-state index contributed by atoms with van der Waals surface area (Å²) in [4.78, 5) is 25.8. The van der Waals surface area contributed by atoms with Crippen molar-refractivity contribution in [1.82, 2.24) is 10.2 Å². The third-order valence-electron chi connectivity index (χ3n) is 4.28. The lowest BCUT2D eigenvalue weighted by Gasteiger charge is -2.30. The Morgan fingerprint density at radius 2 is 2.47 bits per heavy atom. The zero-order valence-corrected chi connectivity index (χ0v) is 12.0. The smallest absolute Gasteiger partial charge is 0.243 e. The van der Waals surface area contributed by atoms with E-state index in [-0.39, 0.29) is 28.8 Å². The van der Waals surface area contributed by atoms with Gasteiger partial charge in [0.1, 0.15) is 6.04 Å². The SMILES string of the molecule is C[C@]12CCC(=O)N1[C@H](C(=O)NC[C@H]1CCCO1)CS2. The van der Waals surface area contributed by atoms with Gasteiger partial charge < -0.3 is 15.0 Å². The zero-order valence-electron chi connectivity index (χ0n) is 11.2. The Morgan fingerprint density at radius 1 is 1.63 bits per heavy atom. The summed E-state index contributed by atoms with van der Waals surface area (Å²) in [7, 11) is 0. The summed E-state index contributed by atoms with van der Waals surface area (Å²) < 4.78 is 5.49. The standard InChI is InChI=1S/C13H20N2O3S/c1-13-5-4-11(16)15(13)10(8-19-13)12(17)14-7-9-3-2-6-18-9/h9-10H,2-8H2,1H3,(H,14,17)/t9-,10+,13+/m1/s1. The van der Waals surface area contributed by atoms with E-state index < -0.39 is 0 Å². The first-order chi connectivity index (χ1) is 9.10. The van der Waals surface area contributed by atoms with Gasteiger partial charge in [-0.1, -0.05) is 0 Å². The molecule has 0 unspecified atom stereocenters. The van der Waals surface area contributed by atoms with Crippen LogP contribution in [0.3, 0.4) is 0 Å². The first-order valence-electron chi connectivity index (χ1n) is 6.95. The average molecular weight is 284 g/mol. The van der Waals surface area contributed by atoms with Crippen molar-refractivity contribution in [3.05, 3.63) is 0 Å². The molecule has 3 fully saturated rings. The highest BCUT2D eigenvalue weighted by molar-refractivity contribution is 8.01. The van der Waals surface area contributed by atoms with E-state index in [2.05, 4.69) is 12.2 Å². The molecule has 3 rings (SSSR count). The summed E-state index contributed by atoms with van der Waals surface area (Å²) in [5.41, 5.74) is 0. The predicted molar refractivity (Wildman–Crippen MR) is 72.7 cm³/mol. The van der Waals surface area contributed by atoms with Gasteiger partial charge in [0.25, 0.3) is 0 Å². The third-order valence-corrected chi connectivity index (χ3v) is 5.78. The summed E-state index contributed by atoms with van der Waals surface area (Å²) in [6.45, 7) is 3.43. The molecule has 3 aliphatic heterocycles. The number of hydrogen-bond acceptors (Lipinski definition) is 4. The number of carbonyl (C=O) groups excluding carboxylic acids is 2. The Balaban J connectivity index is 1.59. The molecule has 0 spiro atoms. The minimum Gasteiger partial charge on any atom is -0.376 e. The number of carbonyl (C=O) groups is 2. The van der Waals surface area contributed by atoms with Crippen LogP contribution in [0.25, 0.3) is 0 Å². The maximum atomic E-state index is 12.3. The molecule has 3 saturated heterocycles. The van der Waals surface area contributed by atoms with Gasteiger partial charge in [-0.2, -0.15) is 0 Å². The maximum Gasteiger partial charge on any atom is 0.243 e. The van der Waals surface area contributed by atoms with Crippen LogP contribution >= 0.6 is 11.8 Å². The highest BCUT2D eigenvalue weighted by Crippen LogP contribution is 2.47. The number of rotatable bonds is 3. The minimum absolute atomic E-state index is 0.0259. The van der Waals surface area contributed by atoms with Crippen LogP contribution in [0, 0.1) is 0 Å². The van der Waals surface area contributed by atoms with E-state index >= 15 is 0 Å². The number of amides is 2. The van der Waals surface area contributed by atoms with Crippen LogP contribution in [0.5, 0.6) is 0 Å². The van der Waals surface area contributed by atoms with Crippen LogP contribution in [-0.4, -0.2) is 52.6 Å². The Labute approximate surface area is 117 Å². The average Bonchev–Trinajstić information content (AvgIpc) is 3.06. The quantitative estimate of drug-likeness (QED) is 0.830. The van der Waals surface area contributed by atoms with Crippen LogP contribution in [0.2, 0.25) is 0 Å². The molecule has 0 aliphatic carbocycles. The lowest BCUT2D eigenvalue weighted by Crippen LogP contribution is -2.51. The highest BCUT2D eigenvalue weighted by Gasteiger charge is 2.52. The van der Waals surface area contributed by atoms with Crippen molar-refractivity contribution in [2.24, 2.45) is 0 Å². The summed E-state index contributed by atoms with van der Waals surface area (Å²) in [5, 5.41) is 2.95. The van der Waals surface area contributed by atoms with Crippen molar-refractivity contribution in [3.63, 3.8) is 0 Å². The van der Waals surface area contributed by atoms with Gasteiger partial charge in [-0.3, -0.25) is 9.59 Å². The van der Waals surface area contributed by atoms with E-state index in [9.17, 15) is 9.59 Å². The molecule has 0 aromatic heterocycles. The fourth-order valence-electron chi connectivity index (χ4n) is 3.15. The van der Waals surface area contributed by atoms with Crippen molar-refractivity contribution in [3.8, 4) is 0 Å². The second-order valence-electron chi connectivity index (χ2n) is 5.65. The van der Waals surface area contributed by atoms with E-state index in [0.29, 0.717) is 18.7 Å². The van der Waals surface area contributed by atoms with Crippen molar-refractivity contribution in [2.75, 3.05) is 18.9 Å². The normalized spacial score (nSPS) is 37.7. The second kappa shape index (κ2) is 4.98. The molecule has 0 aromatic rings. The van der Waals surface area contributed by atoms with Crippen molar-refractivity contribution >= 4 is 23.6 Å². The molecular formula is C13H20N2O3S. The van der Waals surface area contributed by atoms with Crippen LogP contribution in [0.15, 0.2) is 0 Å². The van der Waals surface area contributed by atoms with Gasteiger partial charge in [-0.15, -0.1) is 11.8 Å². The number of nitrogens with one attached hydrogen (secondary N) is 1. The highest BCUT2D eigenvalue weighted by atomic mass is 32.2. The van der Waals surface area contributed by atoms with Crippen molar-refractivity contribution in [1.29, 1.82) is 0 Å².